The van der Waals surface area contributed by atoms with Crippen LogP contribution in [0.3, 0.4) is 0 Å². The first-order valence-corrected chi connectivity index (χ1v) is 12.2. The number of allylic oxidation sites excluding steroid dienone is 3. The summed E-state index contributed by atoms with van der Waals surface area (Å²) in [6, 6.07) is 8.91. The Hall–Kier alpha value is -1.74. The van der Waals surface area contributed by atoms with Crippen LogP contribution in [0.4, 0.5) is 0 Å². The minimum Gasteiger partial charge on any atom is -0.0730 e. The largest absolute Gasteiger partial charge is 0.0730 e. The fourth-order valence-corrected chi connectivity index (χ4v) is 4.32. The van der Waals surface area contributed by atoms with Gasteiger partial charge in [-0.3, -0.25) is 0 Å². The van der Waals surface area contributed by atoms with Crippen LogP contribution in [-0.4, -0.2) is 0 Å². The highest BCUT2D eigenvalue weighted by atomic mass is 14.2. The van der Waals surface area contributed by atoms with Gasteiger partial charge >= 0.3 is 0 Å². The summed E-state index contributed by atoms with van der Waals surface area (Å²) in [6.07, 6.45) is 26.3. The van der Waals surface area contributed by atoms with Crippen LogP contribution in [0.5, 0.6) is 0 Å². The molecule has 0 radical (unpaired) electrons. The molecule has 0 aliphatic heterocycles. The summed E-state index contributed by atoms with van der Waals surface area (Å²) in [5.41, 5.74) is 2.68. The van der Waals surface area contributed by atoms with Crippen LogP contribution >= 0.6 is 0 Å². The monoisotopic (exact) mass is 390 g/mol. The van der Waals surface area contributed by atoms with Gasteiger partial charge in [0.15, 0.2) is 0 Å². The number of hydrogen-bond donors (Lipinski definition) is 0. The summed E-state index contributed by atoms with van der Waals surface area (Å²) in [6.45, 7) is 4.55. The molecule has 0 unspecified atom stereocenters. The zero-order chi connectivity index (χ0) is 20.6. The SMILES string of the molecule is CCCCCCC1CCC(C=CC#CC=Cc2ccc(CCCCC)cc2)CC1. The van der Waals surface area contributed by atoms with E-state index in [1.54, 1.807) is 0 Å². The molecule has 0 atom stereocenters. The molecule has 0 heterocycles. The van der Waals surface area contributed by atoms with Crippen LogP contribution in [0.1, 0.15) is 102 Å². The Labute approximate surface area is 180 Å². The third-order valence-electron chi connectivity index (χ3n) is 6.30. The van der Waals surface area contributed by atoms with E-state index in [1.165, 1.54) is 94.6 Å². The molecule has 1 aromatic carbocycles. The average molecular weight is 391 g/mol. The topological polar surface area (TPSA) is 0 Å². The van der Waals surface area contributed by atoms with Crippen molar-refractivity contribution in [3.63, 3.8) is 0 Å². The first kappa shape index (κ1) is 23.5. The lowest BCUT2D eigenvalue weighted by Gasteiger charge is -2.26. The highest BCUT2D eigenvalue weighted by molar-refractivity contribution is 5.53. The van der Waals surface area contributed by atoms with E-state index in [-0.39, 0.29) is 0 Å². The molecule has 2 rings (SSSR count). The van der Waals surface area contributed by atoms with Gasteiger partial charge in [-0.05, 0) is 79.7 Å². The lowest BCUT2D eigenvalue weighted by Crippen LogP contribution is -2.12. The van der Waals surface area contributed by atoms with Crippen LogP contribution in [0.25, 0.3) is 6.08 Å². The maximum absolute atomic E-state index is 3.19. The Morgan fingerprint density at radius 1 is 0.793 bits per heavy atom. The van der Waals surface area contributed by atoms with Gasteiger partial charge in [0.2, 0.25) is 0 Å². The maximum atomic E-state index is 3.19. The molecule has 0 spiro atoms. The number of benzene rings is 1. The molecule has 0 heteroatoms. The van der Waals surface area contributed by atoms with Gasteiger partial charge in [-0.1, -0.05) is 101 Å². The van der Waals surface area contributed by atoms with Gasteiger partial charge in [0, 0.05) is 0 Å². The number of hydrogen-bond acceptors (Lipinski definition) is 0. The third-order valence-corrected chi connectivity index (χ3v) is 6.30. The second kappa shape index (κ2) is 15.1. The molecule has 0 saturated heterocycles. The average Bonchev–Trinajstić information content (AvgIpc) is 2.76. The summed E-state index contributed by atoms with van der Waals surface area (Å²) in [7, 11) is 0. The number of aryl methyl sites for hydroxylation is 1. The minimum atomic E-state index is 0.750. The van der Waals surface area contributed by atoms with Crippen molar-refractivity contribution in [1.82, 2.24) is 0 Å². The van der Waals surface area contributed by atoms with Crippen LogP contribution in [0, 0.1) is 23.7 Å². The molecule has 1 fully saturated rings. The van der Waals surface area contributed by atoms with Crippen LogP contribution in [-0.2, 0) is 6.42 Å². The first-order chi connectivity index (χ1) is 14.3. The zero-order valence-corrected chi connectivity index (χ0v) is 19.0. The van der Waals surface area contributed by atoms with Gasteiger partial charge in [-0.15, -0.1) is 0 Å². The molecule has 29 heavy (non-hydrogen) atoms. The normalized spacial score (nSPS) is 19.5. The van der Waals surface area contributed by atoms with Crippen molar-refractivity contribution >= 4 is 6.08 Å². The Balaban J connectivity index is 1.63. The fraction of sp³-hybridized carbons (Fsp3) is 0.586. The zero-order valence-electron chi connectivity index (χ0n) is 19.0. The van der Waals surface area contributed by atoms with Crippen molar-refractivity contribution in [2.24, 2.45) is 11.8 Å². The molecular weight excluding hydrogens is 348 g/mol. The lowest BCUT2D eigenvalue weighted by molar-refractivity contribution is 0.289. The quantitative estimate of drug-likeness (QED) is 0.261. The van der Waals surface area contributed by atoms with E-state index < -0.39 is 0 Å². The summed E-state index contributed by atoms with van der Waals surface area (Å²) in [5.74, 6) is 8.09. The smallest absolute Gasteiger partial charge is 0.0109 e. The molecule has 1 aromatic rings. The van der Waals surface area contributed by atoms with Crippen molar-refractivity contribution in [2.45, 2.75) is 97.3 Å². The predicted molar refractivity (Wildman–Crippen MR) is 130 cm³/mol. The molecule has 1 aliphatic rings. The Morgan fingerprint density at radius 3 is 2.21 bits per heavy atom. The van der Waals surface area contributed by atoms with Gasteiger partial charge in [0.25, 0.3) is 0 Å². The van der Waals surface area contributed by atoms with E-state index in [4.69, 9.17) is 0 Å². The van der Waals surface area contributed by atoms with Crippen LogP contribution in [0.2, 0.25) is 0 Å². The Bertz CT molecular complexity index is 642. The molecular formula is C29H42. The third kappa shape index (κ3) is 10.6. The highest BCUT2D eigenvalue weighted by Gasteiger charge is 2.18. The molecule has 1 aliphatic carbocycles. The minimum absolute atomic E-state index is 0.750. The molecule has 0 N–H and O–H groups in total. The lowest BCUT2D eigenvalue weighted by atomic mass is 9.79. The first-order valence-electron chi connectivity index (χ1n) is 12.2. The molecule has 1 saturated carbocycles. The Morgan fingerprint density at radius 2 is 1.48 bits per heavy atom. The van der Waals surface area contributed by atoms with E-state index in [0.717, 1.165) is 11.8 Å². The van der Waals surface area contributed by atoms with Gasteiger partial charge in [0.1, 0.15) is 0 Å². The van der Waals surface area contributed by atoms with Gasteiger partial charge in [-0.25, -0.2) is 0 Å². The Kier molecular flexibility index (Phi) is 12.3. The van der Waals surface area contributed by atoms with E-state index in [0.29, 0.717) is 0 Å². The second-order valence-electron chi connectivity index (χ2n) is 8.81. The van der Waals surface area contributed by atoms with E-state index in [1.807, 2.05) is 6.08 Å². The van der Waals surface area contributed by atoms with Gasteiger partial charge in [0.05, 0.1) is 0 Å². The summed E-state index contributed by atoms with van der Waals surface area (Å²) in [4.78, 5) is 0. The maximum Gasteiger partial charge on any atom is -0.0109 e. The molecule has 158 valence electrons. The standard InChI is InChI=1S/C29H42/c1-3-5-7-11-15-27-22-24-29(25-23-27)17-13-9-8-12-16-28-20-18-26(19-21-28)14-10-6-4-2/h12-13,16-21,27,29H,3-7,10-11,14-15,22-25H2,1-2H3. The molecule has 0 nitrogen and oxygen atoms in total. The fourth-order valence-electron chi connectivity index (χ4n) is 4.32. The molecule has 0 amide bonds. The molecule has 0 bridgehead atoms. The predicted octanol–water partition coefficient (Wildman–Crippen LogP) is 8.77. The second-order valence-corrected chi connectivity index (χ2v) is 8.81. The number of unbranched alkanes of at least 4 members (excludes halogenated alkanes) is 5. The van der Waals surface area contributed by atoms with Crippen LogP contribution in [0.15, 0.2) is 42.5 Å². The van der Waals surface area contributed by atoms with E-state index in [9.17, 15) is 0 Å². The van der Waals surface area contributed by atoms with Crippen molar-refractivity contribution in [2.75, 3.05) is 0 Å². The van der Waals surface area contributed by atoms with Gasteiger partial charge < -0.3 is 0 Å². The molecule has 0 aromatic heterocycles. The van der Waals surface area contributed by atoms with Crippen molar-refractivity contribution < 1.29 is 0 Å². The summed E-state index contributed by atoms with van der Waals surface area (Å²) < 4.78 is 0. The van der Waals surface area contributed by atoms with E-state index in [2.05, 4.69) is 68.2 Å². The number of rotatable bonds is 11. The van der Waals surface area contributed by atoms with E-state index >= 15 is 0 Å². The van der Waals surface area contributed by atoms with Gasteiger partial charge in [-0.2, -0.15) is 0 Å². The highest BCUT2D eigenvalue weighted by Crippen LogP contribution is 2.32. The van der Waals surface area contributed by atoms with Crippen molar-refractivity contribution in [3.8, 4) is 11.8 Å². The van der Waals surface area contributed by atoms with Crippen molar-refractivity contribution in [1.29, 1.82) is 0 Å². The van der Waals surface area contributed by atoms with Crippen molar-refractivity contribution in [3.05, 3.63) is 53.6 Å². The summed E-state index contributed by atoms with van der Waals surface area (Å²) in [5, 5.41) is 0. The summed E-state index contributed by atoms with van der Waals surface area (Å²) >= 11 is 0. The van der Waals surface area contributed by atoms with Crippen LogP contribution < -0.4 is 0 Å².